The highest BCUT2D eigenvalue weighted by Gasteiger charge is 2.16. The van der Waals surface area contributed by atoms with Crippen molar-refractivity contribution in [3.05, 3.63) is 118 Å². The van der Waals surface area contributed by atoms with Crippen LogP contribution in [0, 0.1) is 6.92 Å². The molecule has 0 atom stereocenters. The van der Waals surface area contributed by atoms with Gasteiger partial charge in [0.1, 0.15) is 12.4 Å². The van der Waals surface area contributed by atoms with Crippen LogP contribution in [-0.2, 0) is 19.6 Å². The number of allylic oxidation sites excluding steroid dienone is 2. The van der Waals surface area contributed by atoms with Crippen molar-refractivity contribution in [1.29, 1.82) is 0 Å². The molecule has 0 aliphatic heterocycles. The Morgan fingerprint density at radius 1 is 1.09 bits per heavy atom. The molecule has 3 heteroatoms. The van der Waals surface area contributed by atoms with E-state index in [1.165, 1.54) is 28.5 Å². The van der Waals surface area contributed by atoms with Crippen molar-refractivity contribution in [3.63, 3.8) is 0 Å². The van der Waals surface area contributed by atoms with Crippen molar-refractivity contribution >= 4 is 11.9 Å². The first kappa shape index (κ1) is 24.1. The smallest absolute Gasteiger partial charge is 0.185 e. The number of rotatable bonds is 8. The molecule has 0 bridgehead atoms. The SMILES string of the molecule is C=CC(=O)c1c(C)cccc1COc1cccc(CN(C)C2=Cc3ccccc3C2)c1.CC.[HH]. The topological polar surface area (TPSA) is 29.5 Å². The fourth-order valence-electron chi connectivity index (χ4n) is 4.08. The number of benzene rings is 3. The third-order valence-corrected chi connectivity index (χ3v) is 5.74. The lowest BCUT2D eigenvalue weighted by molar-refractivity contribution is 0.104. The number of nitrogens with zero attached hydrogens (tertiary/aromatic N) is 1. The lowest BCUT2D eigenvalue weighted by atomic mass is 9.98. The van der Waals surface area contributed by atoms with Gasteiger partial charge in [-0.25, -0.2) is 0 Å². The van der Waals surface area contributed by atoms with Crippen LogP contribution < -0.4 is 4.74 Å². The summed E-state index contributed by atoms with van der Waals surface area (Å²) < 4.78 is 6.06. The van der Waals surface area contributed by atoms with E-state index >= 15 is 0 Å². The summed E-state index contributed by atoms with van der Waals surface area (Å²) in [6, 6.07) is 22.5. The molecule has 4 rings (SSSR count). The van der Waals surface area contributed by atoms with Gasteiger partial charge in [0.15, 0.2) is 5.78 Å². The minimum Gasteiger partial charge on any atom is -0.489 e. The summed E-state index contributed by atoms with van der Waals surface area (Å²) in [5, 5.41) is 0. The zero-order valence-corrected chi connectivity index (χ0v) is 20.1. The normalized spacial score (nSPS) is 11.6. The van der Waals surface area contributed by atoms with Gasteiger partial charge in [-0.2, -0.15) is 0 Å². The number of carbonyl (C=O) groups excluding carboxylic acids is 1. The highest BCUT2D eigenvalue weighted by molar-refractivity contribution is 6.06. The van der Waals surface area contributed by atoms with E-state index in [2.05, 4.69) is 61.0 Å². The van der Waals surface area contributed by atoms with Crippen LogP contribution >= 0.6 is 0 Å². The van der Waals surface area contributed by atoms with E-state index in [0.29, 0.717) is 12.2 Å². The van der Waals surface area contributed by atoms with E-state index < -0.39 is 0 Å². The summed E-state index contributed by atoms with van der Waals surface area (Å²) >= 11 is 0. The Labute approximate surface area is 199 Å². The summed E-state index contributed by atoms with van der Waals surface area (Å²) in [7, 11) is 2.13. The molecule has 3 nitrogen and oxygen atoms in total. The number of likely N-dealkylation sites (N-methyl/N-ethyl adjacent to an activating group) is 1. The first-order valence-corrected chi connectivity index (χ1v) is 11.5. The Hall–Kier alpha value is -3.59. The summed E-state index contributed by atoms with van der Waals surface area (Å²) in [6.07, 6.45) is 4.60. The molecule has 0 spiro atoms. The summed E-state index contributed by atoms with van der Waals surface area (Å²) in [4.78, 5) is 14.6. The van der Waals surface area contributed by atoms with Crippen LogP contribution in [0.25, 0.3) is 6.08 Å². The van der Waals surface area contributed by atoms with E-state index in [-0.39, 0.29) is 7.21 Å². The number of fused-ring (bicyclic) bond motifs is 1. The molecule has 3 aromatic carbocycles. The standard InChI is InChI=1S/C28H27NO2.C2H6.H2/c1-4-27(30)28-20(2)9-7-13-24(28)19-31-26-14-8-10-21(15-26)18-29(3)25-16-22-11-5-6-12-23(22)17-25;1-2;/h4-16H,1,17-19H2,2-3H3;1-2H3;1H. The fraction of sp³-hybridized carbons (Fsp3) is 0.233. The number of hydrogen-bond acceptors (Lipinski definition) is 3. The lowest BCUT2D eigenvalue weighted by Gasteiger charge is -2.21. The van der Waals surface area contributed by atoms with Crippen molar-refractivity contribution in [2.24, 2.45) is 0 Å². The second kappa shape index (κ2) is 11.3. The van der Waals surface area contributed by atoms with Crippen molar-refractivity contribution in [1.82, 2.24) is 4.90 Å². The largest absolute Gasteiger partial charge is 0.489 e. The van der Waals surface area contributed by atoms with Crippen molar-refractivity contribution < 1.29 is 11.0 Å². The van der Waals surface area contributed by atoms with Crippen LogP contribution in [0.2, 0.25) is 0 Å². The first-order valence-electron chi connectivity index (χ1n) is 11.5. The molecule has 0 N–H and O–H groups in total. The maximum absolute atomic E-state index is 12.3. The van der Waals surface area contributed by atoms with Crippen LogP contribution in [-0.4, -0.2) is 17.7 Å². The zero-order chi connectivity index (χ0) is 23.8. The fourth-order valence-corrected chi connectivity index (χ4v) is 4.08. The summed E-state index contributed by atoms with van der Waals surface area (Å²) in [5.41, 5.74) is 7.69. The number of hydrogen-bond donors (Lipinski definition) is 0. The van der Waals surface area contributed by atoms with Crippen molar-refractivity contribution in [2.75, 3.05) is 7.05 Å². The number of carbonyl (C=O) groups is 1. The molecule has 1 aliphatic rings. The van der Waals surface area contributed by atoms with Gasteiger partial charge in [0, 0.05) is 38.3 Å². The predicted molar refractivity (Wildman–Crippen MR) is 140 cm³/mol. The quantitative estimate of drug-likeness (QED) is 0.272. The minimum absolute atomic E-state index is 0. The third kappa shape index (κ3) is 5.81. The molecule has 0 saturated carbocycles. The number of aryl methyl sites for hydroxylation is 1. The summed E-state index contributed by atoms with van der Waals surface area (Å²) in [5.74, 6) is 0.728. The van der Waals surface area contributed by atoms with Gasteiger partial charge in [-0.15, -0.1) is 0 Å². The van der Waals surface area contributed by atoms with Crippen LogP contribution in [0.3, 0.4) is 0 Å². The second-order valence-corrected chi connectivity index (χ2v) is 7.98. The van der Waals surface area contributed by atoms with Crippen LogP contribution in [0.5, 0.6) is 5.75 Å². The molecule has 33 heavy (non-hydrogen) atoms. The number of ether oxygens (including phenoxy) is 1. The lowest BCUT2D eigenvalue weighted by Crippen LogP contribution is -2.17. The van der Waals surface area contributed by atoms with Gasteiger partial charge >= 0.3 is 0 Å². The molecule has 0 unspecified atom stereocenters. The van der Waals surface area contributed by atoms with E-state index in [1.54, 1.807) is 0 Å². The minimum atomic E-state index is -0.0714. The summed E-state index contributed by atoms with van der Waals surface area (Å²) in [6.45, 7) is 10.7. The van der Waals surface area contributed by atoms with Crippen molar-refractivity contribution in [3.8, 4) is 5.75 Å². The van der Waals surface area contributed by atoms with Crippen LogP contribution in [0.1, 0.15) is 53.4 Å². The van der Waals surface area contributed by atoms with E-state index in [9.17, 15) is 4.79 Å². The molecular formula is C30H35NO2. The van der Waals surface area contributed by atoms with Crippen LogP contribution in [0.15, 0.2) is 85.1 Å². The molecule has 0 fully saturated rings. The predicted octanol–water partition coefficient (Wildman–Crippen LogP) is 7.24. The molecular weight excluding hydrogens is 406 g/mol. The van der Waals surface area contributed by atoms with Crippen molar-refractivity contribution in [2.45, 2.75) is 40.3 Å². The van der Waals surface area contributed by atoms with E-state index in [1.807, 2.05) is 51.1 Å². The maximum Gasteiger partial charge on any atom is 0.185 e. The molecule has 0 heterocycles. The zero-order valence-electron chi connectivity index (χ0n) is 20.1. The molecule has 0 saturated heterocycles. The Morgan fingerprint density at radius 2 is 1.85 bits per heavy atom. The molecule has 1 aliphatic carbocycles. The van der Waals surface area contributed by atoms with E-state index in [0.717, 1.165) is 29.8 Å². The van der Waals surface area contributed by atoms with Crippen LogP contribution in [0.4, 0.5) is 0 Å². The van der Waals surface area contributed by atoms with Gasteiger partial charge in [0.25, 0.3) is 0 Å². The highest BCUT2D eigenvalue weighted by atomic mass is 16.5. The van der Waals surface area contributed by atoms with Gasteiger partial charge in [-0.1, -0.05) is 75.0 Å². The Bertz CT molecular complexity index is 1170. The Morgan fingerprint density at radius 3 is 2.61 bits per heavy atom. The second-order valence-electron chi connectivity index (χ2n) is 7.98. The Kier molecular flexibility index (Phi) is 8.26. The van der Waals surface area contributed by atoms with Gasteiger partial charge < -0.3 is 9.64 Å². The average Bonchev–Trinajstić information content (AvgIpc) is 3.28. The van der Waals surface area contributed by atoms with E-state index in [4.69, 9.17) is 4.74 Å². The monoisotopic (exact) mass is 441 g/mol. The van der Waals surface area contributed by atoms with Gasteiger partial charge in [0.2, 0.25) is 0 Å². The molecule has 3 aromatic rings. The van der Waals surface area contributed by atoms with Gasteiger partial charge in [-0.3, -0.25) is 4.79 Å². The maximum atomic E-state index is 12.3. The highest BCUT2D eigenvalue weighted by Crippen LogP contribution is 2.27. The molecule has 172 valence electrons. The average molecular weight is 442 g/mol. The molecule has 0 radical (unpaired) electrons. The number of ketones is 1. The molecule has 0 amide bonds. The Balaban J connectivity index is 0.00000133. The molecule has 0 aromatic heterocycles. The first-order chi connectivity index (χ1) is 16.0. The third-order valence-electron chi connectivity index (χ3n) is 5.74. The van der Waals surface area contributed by atoms with Gasteiger partial charge in [-0.05, 0) is 53.5 Å². The van der Waals surface area contributed by atoms with Gasteiger partial charge in [0.05, 0.1) is 0 Å².